The van der Waals surface area contributed by atoms with Crippen LogP contribution < -0.4 is 0 Å². The zero-order valence-corrected chi connectivity index (χ0v) is 14.6. The van der Waals surface area contributed by atoms with Crippen molar-refractivity contribution in [3.05, 3.63) is 12.7 Å². The second-order valence-electron chi connectivity index (χ2n) is 6.55. The molecule has 21 heavy (non-hydrogen) atoms. The van der Waals surface area contributed by atoms with Crippen molar-refractivity contribution in [2.45, 2.75) is 116 Å². The molecule has 0 aliphatic heterocycles. The first-order valence-corrected chi connectivity index (χ1v) is 9.60. The van der Waals surface area contributed by atoms with Crippen molar-refractivity contribution < 1.29 is 5.11 Å². The molecule has 1 N–H and O–H groups in total. The lowest BCUT2D eigenvalue weighted by Crippen LogP contribution is -2.05. The molecule has 1 nitrogen and oxygen atoms in total. The molecule has 1 unspecified atom stereocenters. The lowest BCUT2D eigenvalue weighted by Gasteiger charge is -2.09. The SMILES string of the molecule is C=CCCCCCCCCCCCCC(O)CCCCC. The van der Waals surface area contributed by atoms with Crippen LogP contribution in [0.4, 0.5) is 0 Å². The molecule has 0 radical (unpaired) electrons. The fourth-order valence-electron chi connectivity index (χ4n) is 2.86. The van der Waals surface area contributed by atoms with E-state index < -0.39 is 0 Å². The first kappa shape index (κ1) is 20.7. The third kappa shape index (κ3) is 17.6. The number of aliphatic hydroxyl groups is 1. The topological polar surface area (TPSA) is 20.2 Å². The molecule has 1 atom stereocenters. The maximum absolute atomic E-state index is 9.83. The van der Waals surface area contributed by atoms with Crippen LogP contribution in [0.5, 0.6) is 0 Å². The minimum absolute atomic E-state index is 0.0351. The Bertz CT molecular complexity index is 200. The summed E-state index contributed by atoms with van der Waals surface area (Å²) < 4.78 is 0. The van der Waals surface area contributed by atoms with E-state index in [-0.39, 0.29) is 6.10 Å². The fraction of sp³-hybridized carbons (Fsp3) is 0.900. The van der Waals surface area contributed by atoms with Crippen molar-refractivity contribution >= 4 is 0 Å². The molecule has 1 heteroatoms. The second kappa shape index (κ2) is 17.8. The van der Waals surface area contributed by atoms with Crippen LogP contribution in [0.15, 0.2) is 12.7 Å². The highest BCUT2D eigenvalue weighted by molar-refractivity contribution is 4.65. The molecular weight excluding hydrogens is 256 g/mol. The number of allylic oxidation sites excluding steroid dienone is 1. The Morgan fingerprint density at radius 1 is 0.714 bits per heavy atom. The summed E-state index contributed by atoms with van der Waals surface area (Å²) in [4.78, 5) is 0. The van der Waals surface area contributed by atoms with E-state index in [1.54, 1.807) is 0 Å². The zero-order valence-electron chi connectivity index (χ0n) is 14.6. The number of hydrogen-bond acceptors (Lipinski definition) is 1. The van der Waals surface area contributed by atoms with Gasteiger partial charge < -0.3 is 5.11 Å². The molecule has 0 saturated heterocycles. The average Bonchev–Trinajstić information content (AvgIpc) is 2.48. The average molecular weight is 297 g/mol. The lowest BCUT2D eigenvalue weighted by molar-refractivity contribution is 0.147. The van der Waals surface area contributed by atoms with Crippen molar-refractivity contribution in [1.82, 2.24) is 0 Å². The molecule has 126 valence electrons. The van der Waals surface area contributed by atoms with Crippen molar-refractivity contribution in [3.63, 3.8) is 0 Å². The molecule has 0 fully saturated rings. The maximum atomic E-state index is 9.83. The summed E-state index contributed by atoms with van der Waals surface area (Å²) in [6, 6.07) is 0. The normalized spacial score (nSPS) is 12.5. The summed E-state index contributed by atoms with van der Waals surface area (Å²) in [5.74, 6) is 0. The number of aliphatic hydroxyl groups excluding tert-OH is 1. The van der Waals surface area contributed by atoms with Gasteiger partial charge >= 0.3 is 0 Å². The van der Waals surface area contributed by atoms with Crippen LogP contribution >= 0.6 is 0 Å². The lowest BCUT2D eigenvalue weighted by atomic mass is 10.0. The predicted octanol–water partition coefficient (Wildman–Crippen LogP) is 6.79. The van der Waals surface area contributed by atoms with Gasteiger partial charge in [0.05, 0.1) is 6.10 Å². The molecule has 0 bridgehead atoms. The van der Waals surface area contributed by atoms with Gasteiger partial charge in [-0.3, -0.25) is 0 Å². The van der Waals surface area contributed by atoms with E-state index in [1.165, 1.54) is 89.9 Å². The van der Waals surface area contributed by atoms with Crippen LogP contribution in [0.2, 0.25) is 0 Å². The van der Waals surface area contributed by atoms with Gasteiger partial charge in [0.25, 0.3) is 0 Å². The Kier molecular flexibility index (Phi) is 17.5. The van der Waals surface area contributed by atoms with E-state index in [9.17, 15) is 5.11 Å². The van der Waals surface area contributed by atoms with E-state index in [1.807, 2.05) is 6.08 Å². The van der Waals surface area contributed by atoms with Crippen LogP contribution in [0, 0.1) is 0 Å². The molecule has 0 heterocycles. The molecule has 0 aliphatic rings. The second-order valence-corrected chi connectivity index (χ2v) is 6.55. The molecule has 0 aromatic heterocycles. The zero-order chi connectivity index (χ0) is 15.6. The molecule has 0 spiro atoms. The van der Waals surface area contributed by atoms with Crippen LogP contribution in [0.3, 0.4) is 0 Å². The highest BCUT2D eigenvalue weighted by Gasteiger charge is 2.03. The Labute approximate surface area is 134 Å². The van der Waals surface area contributed by atoms with Gasteiger partial charge in [0, 0.05) is 0 Å². The first-order chi connectivity index (χ1) is 10.3. The van der Waals surface area contributed by atoms with Crippen molar-refractivity contribution in [1.29, 1.82) is 0 Å². The summed E-state index contributed by atoms with van der Waals surface area (Å²) in [7, 11) is 0. The van der Waals surface area contributed by atoms with Crippen molar-refractivity contribution in [2.24, 2.45) is 0 Å². The van der Waals surface area contributed by atoms with Gasteiger partial charge in [-0.05, 0) is 25.7 Å². The minimum atomic E-state index is -0.0351. The van der Waals surface area contributed by atoms with Gasteiger partial charge in [-0.15, -0.1) is 6.58 Å². The van der Waals surface area contributed by atoms with Crippen molar-refractivity contribution in [3.8, 4) is 0 Å². The quantitative estimate of drug-likeness (QED) is 0.231. The Balaban J connectivity index is 3.06. The summed E-state index contributed by atoms with van der Waals surface area (Å²) in [5, 5.41) is 9.83. The molecule has 0 aromatic carbocycles. The molecule has 0 amide bonds. The van der Waals surface area contributed by atoms with Crippen LogP contribution in [0.25, 0.3) is 0 Å². The fourth-order valence-corrected chi connectivity index (χ4v) is 2.86. The number of hydrogen-bond donors (Lipinski definition) is 1. The molecule has 0 rings (SSSR count). The van der Waals surface area contributed by atoms with E-state index in [0.29, 0.717) is 0 Å². The first-order valence-electron chi connectivity index (χ1n) is 9.60. The third-order valence-electron chi connectivity index (χ3n) is 4.34. The van der Waals surface area contributed by atoms with Gasteiger partial charge in [-0.2, -0.15) is 0 Å². The van der Waals surface area contributed by atoms with E-state index in [2.05, 4.69) is 13.5 Å². The summed E-state index contributed by atoms with van der Waals surface area (Å²) in [5.41, 5.74) is 0. The summed E-state index contributed by atoms with van der Waals surface area (Å²) >= 11 is 0. The molecule has 0 aromatic rings. The third-order valence-corrected chi connectivity index (χ3v) is 4.34. The van der Waals surface area contributed by atoms with E-state index >= 15 is 0 Å². The van der Waals surface area contributed by atoms with Gasteiger partial charge in [0.1, 0.15) is 0 Å². The molecule has 0 aliphatic carbocycles. The largest absolute Gasteiger partial charge is 0.393 e. The monoisotopic (exact) mass is 296 g/mol. The Morgan fingerprint density at radius 2 is 1.14 bits per heavy atom. The van der Waals surface area contributed by atoms with Gasteiger partial charge in [0.15, 0.2) is 0 Å². The number of rotatable bonds is 17. The Morgan fingerprint density at radius 3 is 1.62 bits per heavy atom. The molecule has 0 saturated carbocycles. The van der Waals surface area contributed by atoms with E-state index in [4.69, 9.17) is 0 Å². The molecular formula is C20H40O. The maximum Gasteiger partial charge on any atom is 0.0540 e. The van der Waals surface area contributed by atoms with Gasteiger partial charge in [-0.1, -0.05) is 90.0 Å². The highest BCUT2D eigenvalue weighted by Crippen LogP contribution is 2.14. The number of unbranched alkanes of at least 4 members (excludes halogenated alkanes) is 12. The van der Waals surface area contributed by atoms with Crippen molar-refractivity contribution in [2.75, 3.05) is 0 Å². The smallest absolute Gasteiger partial charge is 0.0540 e. The van der Waals surface area contributed by atoms with Gasteiger partial charge in [-0.25, -0.2) is 0 Å². The highest BCUT2D eigenvalue weighted by atomic mass is 16.3. The van der Waals surface area contributed by atoms with Gasteiger partial charge in [0.2, 0.25) is 0 Å². The summed E-state index contributed by atoms with van der Waals surface area (Å²) in [6.45, 7) is 5.97. The summed E-state index contributed by atoms with van der Waals surface area (Å²) in [6.07, 6.45) is 22.5. The van der Waals surface area contributed by atoms with Crippen LogP contribution in [-0.2, 0) is 0 Å². The Hall–Kier alpha value is -0.300. The standard InChI is InChI=1S/C20H40O/c1-3-5-7-8-9-10-11-12-13-14-15-17-19-20(21)18-16-6-4-2/h3,20-21H,1,4-19H2,2H3. The van der Waals surface area contributed by atoms with E-state index in [0.717, 1.165) is 12.8 Å². The van der Waals surface area contributed by atoms with Crippen LogP contribution in [0.1, 0.15) is 110 Å². The predicted molar refractivity (Wildman–Crippen MR) is 95.7 cm³/mol. The minimum Gasteiger partial charge on any atom is -0.393 e. The van der Waals surface area contributed by atoms with Crippen LogP contribution in [-0.4, -0.2) is 11.2 Å².